The fraction of sp³-hybridized carbons (Fsp3) is 0.667. The van der Waals surface area contributed by atoms with E-state index in [-0.39, 0.29) is 5.91 Å². The summed E-state index contributed by atoms with van der Waals surface area (Å²) in [5.41, 5.74) is 2.64. The van der Waals surface area contributed by atoms with Crippen molar-refractivity contribution in [3.8, 4) is 5.75 Å². The van der Waals surface area contributed by atoms with Gasteiger partial charge in [-0.05, 0) is 55.4 Å². The summed E-state index contributed by atoms with van der Waals surface area (Å²) in [4.78, 5) is 12.0. The van der Waals surface area contributed by atoms with E-state index in [1.807, 2.05) is 6.07 Å². The van der Waals surface area contributed by atoms with Gasteiger partial charge in [0.1, 0.15) is 5.75 Å². The first-order chi connectivity index (χ1) is 11.6. The van der Waals surface area contributed by atoms with Crippen LogP contribution in [0.5, 0.6) is 5.75 Å². The predicted octanol–water partition coefficient (Wildman–Crippen LogP) is 5.12. The van der Waals surface area contributed by atoms with Crippen LogP contribution >= 0.6 is 0 Å². The summed E-state index contributed by atoms with van der Waals surface area (Å²) in [6, 6.07) is 6.68. The van der Waals surface area contributed by atoms with Crippen molar-refractivity contribution in [2.75, 3.05) is 6.61 Å². The third-order valence-corrected chi connectivity index (χ3v) is 4.90. The zero-order chi connectivity index (χ0) is 17.4. The minimum Gasteiger partial charge on any atom is -0.494 e. The monoisotopic (exact) mass is 331 g/mol. The topological polar surface area (TPSA) is 38.3 Å². The van der Waals surface area contributed by atoms with Crippen LogP contribution in [0, 0.1) is 6.92 Å². The van der Waals surface area contributed by atoms with Gasteiger partial charge in [-0.25, -0.2) is 0 Å². The number of nitrogens with one attached hydrogen (secondary N) is 1. The van der Waals surface area contributed by atoms with Gasteiger partial charge in [0, 0.05) is 12.5 Å². The molecule has 1 N–H and O–H groups in total. The lowest BCUT2D eigenvalue weighted by atomic mass is 9.98. The molecule has 1 aliphatic rings. The first kappa shape index (κ1) is 18.8. The summed E-state index contributed by atoms with van der Waals surface area (Å²) < 4.78 is 5.80. The Bertz CT molecular complexity index is 517. The van der Waals surface area contributed by atoms with Crippen LogP contribution in [0.2, 0.25) is 0 Å². The van der Waals surface area contributed by atoms with Crippen LogP contribution < -0.4 is 10.1 Å². The van der Waals surface area contributed by atoms with Crippen LogP contribution in [-0.2, 0) is 4.79 Å². The van der Waals surface area contributed by atoms with Crippen LogP contribution in [0.4, 0.5) is 0 Å². The number of benzene rings is 1. The van der Waals surface area contributed by atoms with Gasteiger partial charge in [-0.2, -0.15) is 0 Å². The highest BCUT2D eigenvalue weighted by atomic mass is 16.5. The zero-order valence-electron chi connectivity index (χ0n) is 15.6. The fourth-order valence-corrected chi connectivity index (χ4v) is 3.53. The maximum absolute atomic E-state index is 12.0. The van der Waals surface area contributed by atoms with E-state index in [0.717, 1.165) is 25.0 Å². The van der Waals surface area contributed by atoms with E-state index < -0.39 is 0 Å². The Morgan fingerprint density at radius 2 is 1.92 bits per heavy atom. The second-order valence-electron chi connectivity index (χ2n) is 7.38. The third kappa shape index (κ3) is 6.18. The first-order valence-corrected chi connectivity index (χ1v) is 9.59. The molecule has 1 aliphatic carbocycles. The van der Waals surface area contributed by atoms with Crippen molar-refractivity contribution < 1.29 is 9.53 Å². The Hall–Kier alpha value is -1.51. The summed E-state index contributed by atoms with van der Waals surface area (Å²) in [6.07, 6.45) is 8.74. The van der Waals surface area contributed by atoms with Gasteiger partial charge < -0.3 is 10.1 Å². The number of rotatable bonds is 7. The number of carbonyl (C=O) groups excluding carboxylic acids is 1. The van der Waals surface area contributed by atoms with Crippen molar-refractivity contribution >= 4 is 5.91 Å². The number of hydrogen-bond donors (Lipinski definition) is 1. The molecule has 2 rings (SSSR count). The Kier molecular flexibility index (Phi) is 7.61. The molecule has 0 aliphatic heterocycles. The van der Waals surface area contributed by atoms with Gasteiger partial charge >= 0.3 is 0 Å². The highest BCUT2D eigenvalue weighted by molar-refractivity contribution is 5.76. The number of carbonyl (C=O) groups is 1. The van der Waals surface area contributed by atoms with E-state index in [4.69, 9.17) is 4.74 Å². The van der Waals surface area contributed by atoms with Gasteiger partial charge in [-0.1, -0.05) is 45.6 Å². The molecule has 0 heterocycles. The average Bonchev–Trinajstić information content (AvgIpc) is 2.80. The molecule has 0 atom stereocenters. The molecular formula is C21H33NO2. The number of ether oxygens (including phenoxy) is 1. The minimum atomic E-state index is 0.178. The molecule has 24 heavy (non-hydrogen) atoms. The smallest absolute Gasteiger partial charge is 0.220 e. The second kappa shape index (κ2) is 9.71. The standard InChI is InChI=1S/C21H33NO2/c1-16(2)20-13-12-19(15-17(20)3)24-14-8-11-21(23)22-18-9-6-4-5-7-10-18/h12-13,15-16,18H,4-11,14H2,1-3H3,(H,22,23). The summed E-state index contributed by atoms with van der Waals surface area (Å²) >= 11 is 0. The Balaban J connectivity index is 1.67. The van der Waals surface area contributed by atoms with E-state index in [1.165, 1.54) is 36.8 Å². The number of aryl methyl sites for hydroxylation is 1. The van der Waals surface area contributed by atoms with Crippen LogP contribution in [-0.4, -0.2) is 18.6 Å². The summed E-state index contributed by atoms with van der Waals surface area (Å²) in [6.45, 7) is 7.13. The fourth-order valence-electron chi connectivity index (χ4n) is 3.53. The molecule has 0 saturated heterocycles. The molecular weight excluding hydrogens is 298 g/mol. The van der Waals surface area contributed by atoms with E-state index in [0.29, 0.717) is 25.0 Å². The van der Waals surface area contributed by atoms with Crippen LogP contribution in [0.25, 0.3) is 0 Å². The summed E-state index contributed by atoms with van der Waals surface area (Å²) in [5, 5.41) is 3.19. The van der Waals surface area contributed by atoms with E-state index in [2.05, 4.69) is 38.2 Å². The van der Waals surface area contributed by atoms with Crippen molar-refractivity contribution in [1.82, 2.24) is 5.32 Å². The molecule has 1 fully saturated rings. The SMILES string of the molecule is Cc1cc(OCCCC(=O)NC2CCCCCC2)ccc1C(C)C. The molecule has 1 amide bonds. The first-order valence-electron chi connectivity index (χ1n) is 9.59. The lowest BCUT2D eigenvalue weighted by molar-refractivity contribution is -0.122. The predicted molar refractivity (Wildman–Crippen MR) is 99.6 cm³/mol. The van der Waals surface area contributed by atoms with Crippen molar-refractivity contribution in [3.05, 3.63) is 29.3 Å². The average molecular weight is 332 g/mol. The Morgan fingerprint density at radius 1 is 1.21 bits per heavy atom. The lowest BCUT2D eigenvalue weighted by Crippen LogP contribution is -2.34. The van der Waals surface area contributed by atoms with Crippen LogP contribution in [0.1, 0.15) is 82.3 Å². The highest BCUT2D eigenvalue weighted by Crippen LogP contribution is 2.23. The van der Waals surface area contributed by atoms with Gasteiger partial charge in [0.05, 0.1) is 6.61 Å². The second-order valence-corrected chi connectivity index (χ2v) is 7.38. The number of amides is 1. The molecule has 134 valence electrons. The Labute approximate surface area is 147 Å². The van der Waals surface area contributed by atoms with Gasteiger partial charge in [-0.15, -0.1) is 0 Å². The molecule has 0 radical (unpaired) electrons. The lowest BCUT2D eigenvalue weighted by Gasteiger charge is -2.16. The maximum atomic E-state index is 12.0. The van der Waals surface area contributed by atoms with Crippen LogP contribution in [0.3, 0.4) is 0 Å². The third-order valence-electron chi connectivity index (χ3n) is 4.90. The van der Waals surface area contributed by atoms with Gasteiger partial charge in [0.2, 0.25) is 5.91 Å². The van der Waals surface area contributed by atoms with Gasteiger partial charge in [0.15, 0.2) is 0 Å². The van der Waals surface area contributed by atoms with Crippen molar-refractivity contribution in [2.24, 2.45) is 0 Å². The molecule has 1 saturated carbocycles. The number of hydrogen-bond acceptors (Lipinski definition) is 2. The van der Waals surface area contributed by atoms with Crippen molar-refractivity contribution in [3.63, 3.8) is 0 Å². The molecule has 0 bridgehead atoms. The maximum Gasteiger partial charge on any atom is 0.220 e. The van der Waals surface area contributed by atoms with Crippen LogP contribution in [0.15, 0.2) is 18.2 Å². The van der Waals surface area contributed by atoms with Gasteiger partial charge in [-0.3, -0.25) is 4.79 Å². The molecule has 1 aromatic carbocycles. The van der Waals surface area contributed by atoms with E-state index in [9.17, 15) is 4.79 Å². The molecule has 1 aromatic rings. The van der Waals surface area contributed by atoms with Gasteiger partial charge in [0.25, 0.3) is 0 Å². The molecule has 0 aromatic heterocycles. The van der Waals surface area contributed by atoms with Crippen molar-refractivity contribution in [2.45, 2.75) is 84.1 Å². The largest absolute Gasteiger partial charge is 0.494 e. The highest BCUT2D eigenvalue weighted by Gasteiger charge is 2.14. The van der Waals surface area contributed by atoms with Crippen molar-refractivity contribution in [1.29, 1.82) is 0 Å². The summed E-state index contributed by atoms with van der Waals surface area (Å²) in [5.74, 6) is 1.62. The molecule has 0 spiro atoms. The zero-order valence-corrected chi connectivity index (χ0v) is 15.6. The molecule has 3 nitrogen and oxygen atoms in total. The van der Waals surface area contributed by atoms with E-state index in [1.54, 1.807) is 0 Å². The quantitative estimate of drug-likeness (QED) is 0.556. The molecule has 0 unspecified atom stereocenters. The summed E-state index contributed by atoms with van der Waals surface area (Å²) in [7, 11) is 0. The molecule has 3 heteroatoms. The minimum absolute atomic E-state index is 0.178. The Morgan fingerprint density at radius 3 is 2.54 bits per heavy atom. The normalized spacial score (nSPS) is 16.0. The van der Waals surface area contributed by atoms with E-state index >= 15 is 0 Å².